The summed E-state index contributed by atoms with van der Waals surface area (Å²) >= 11 is 0. The van der Waals surface area contributed by atoms with E-state index in [0.717, 1.165) is 0 Å². The van der Waals surface area contributed by atoms with Crippen molar-refractivity contribution < 1.29 is 18.3 Å². The lowest BCUT2D eigenvalue weighted by Gasteiger charge is -2.18. The molecule has 2 unspecified atom stereocenters. The van der Waals surface area contributed by atoms with E-state index in [1.165, 1.54) is 0 Å². The Labute approximate surface area is 83.2 Å². The monoisotopic (exact) mass is 221 g/mol. The lowest BCUT2D eigenvalue weighted by atomic mass is 9.88. The molecule has 1 fully saturated rings. The Kier molecular flexibility index (Phi) is 3.49. The van der Waals surface area contributed by atoms with Crippen LogP contribution < -0.4 is 5.73 Å². The highest BCUT2D eigenvalue weighted by Crippen LogP contribution is 2.24. The molecule has 14 heavy (non-hydrogen) atoms. The second kappa shape index (κ2) is 4.27. The highest BCUT2D eigenvalue weighted by atomic mass is 32.2. The molecule has 0 saturated carbocycles. The maximum Gasteiger partial charge on any atom is 0.306 e. The molecule has 0 amide bonds. The normalized spacial score (nSPS) is 32.1. The van der Waals surface area contributed by atoms with Crippen molar-refractivity contribution in [2.75, 3.05) is 18.1 Å². The molecule has 0 radical (unpaired) electrons. The average molecular weight is 221 g/mol. The molecule has 2 atom stereocenters. The van der Waals surface area contributed by atoms with Crippen LogP contribution in [-0.4, -0.2) is 37.5 Å². The number of nitrogens with two attached hydrogens (primary N) is 1. The Hall–Kier alpha value is -0.620. The third-order valence-electron chi connectivity index (χ3n) is 2.73. The van der Waals surface area contributed by atoms with E-state index in [1.54, 1.807) is 0 Å². The summed E-state index contributed by atoms with van der Waals surface area (Å²) in [6.07, 6.45) is 0.565. The van der Waals surface area contributed by atoms with Crippen molar-refractivity contribution in [3.8, 4) is 0 Å². The third-order valence-corrected chi connectivity index (χ3v) is 4.44. The molecule has 0 bridgehead atoms. The van der Waals surface area contributed by atoms with E-state index < -0.39 is 21.7 Å². The van der Waals surface area contributed by atoms with Gasteiger partial charge in [0.25, 0.3) is 0 Å². The first-order valence-electron chi connectivity index (χ1n) is 4.59. The van der Waals surface area contributed by atoms with Crippen LogP contribution in [0.3, 0.4) is 0 Å². The highest BCUT2D eigenvalue weighted by molar-refractivity contribution is 7.91. The van der Waals surface area contributed by atoms with Gasteiger partial charge in [-0.15, -0.1) is 0 Å². The Bertz CT molecular complexity index is 311. The second-order valence-electron chi connectivity index (χ2n) is 3.67. The summed E-state index contributed by atoms with van der Waals surface area (Å²) in [6, 6.07) is 0. The van der Waals surface area contributed by atoms with Gasteiger partial charge in [-0.05, 0) is 25.3 Å². The first kappa shape index (κ1) is 11.5. The van der Waals surface area contributed by atoms with Crippen molar-refractivity contribution in [1.29, 1.82) is 0 Å². The molecule has 82 valence electrons. The minimum absolute atomic E-state index is 0.0273. The topological polar surface area (TPSA) is 97.5 Å². The van der Waals surface area contributed by atoms with Crippen LogP contribution in [0.1, 0.15) is 12.8 Å². The van der Waals surface area contributed by atoms with Crippen molar-refractivity contribution in [1.82, 2.24) is 0 Å². The van der Waals surface area contributed by atoms with E-state index in [1.807, 2.05) is 0 Å². The van der Waals surface area contributed by atoms with Gasteiger partial charge in [0.15, 0.2) is 0 Å². The fourth-order valence-electron chi connectivity index (χ4n) is 1.78. The second-order valence-corrected chi connectivity index (χ2v) is 5.97. The minimum atomic E-state index is -3.05. The quantitative estimate of drug-likeness (QED) is 0.653. The van der Waals surface area contributed by atoms with Gasteiger partial charge in [-0.1, -0.05) is 0 Å². The van der Waals surface area contributed by atoms with Crippen molar-refractivity contribution in [3.05, 3.63) is 0 Å². The summed E-state index contributed by atoms with van der Waals surface area (Å²) in [5.74, 6) is -1.70. The summed E-state index contributed by atoms with van der Waals surface area (Å²) < 4.78 is 22.5. The first-order valence-corrected chi connectivity index (χ1v) is 6.41. The summed E-state index contributed by atoms with van der Waals surface area (Å²) in [5.41, 5.74) is 5.43. The fourth-order valence-corrected chi connectivity index (χ4v) is 3.26. The van der Waals surface area contributed by atoms with Crippen LogP contribution in [0.5, 0.6) is 0 Å². The number of rotatable bonds is 2. The fraction of sp³-hybridized carbons (Fsp3) is 0.875. The summed E-state index contributed by atoms with van der Waals surface area (Å²) in [6.45, 7) is 0.243. The Morgan fingerprint density at radius 2 is 1.93 bits per heavy atom. The van der Waals surface area contributed by atoms with Crippen LogP contribution in [-0.2, 0) is 14.6 Å². The van der Waals surface area contributed by atoms with Gasteiger partial charge in [0.2, 0.25) is 0 Å². The van der Waals surface area contributed by atoms with Crippen LogP contribution in [0.4, 0.5) is 0 Å². The van der Waals surface area contributed by atoms with E-state index in [2.05, 4.69) is 0 Å². The molecule has 1 aliphatic rings. The predicted octanol–water partition coefficient (Wildman–Crippen LogP) is -0.529. The third kappa shape index (κ3) is 2.68. The van der Waals surface area contributed by atoms with Gasteiger partial charge in [0.1, 0.15) is 9.84 Å². The molecule has 1 rings (SSSR count). The summed E-state index contributed by atoms with van der Waals surface area (Å²) in [4.78, 5) is 10.8. The first-order chi connectivity index (χ1) is 6.46. The summed E-state index contributed by atoms with van der Waals surface area (Å²) in [5, 5.41) is 8.88. The van der Waals surface area contributed by atoms with Crippen molar-refractivity contribution >= 4 is 15.8 Å². The Balaban J connectivity index is 2.80. The molecule has 0 aromatic rings. The van der Waals surface area contributed by atoms with Gasteiger partial charge in [0, 0.05) is 0 Å². The molecule has 0 aromatic heterocycles. The van der Waals surface area contributed by atoms with Crippen LogP contribution in [0.15, 0.2) is 0 Å². The molecular weight excluding hydrogens is 206 g/mol. The zero-order valence-electron chi connectivity index (χ0n) is 7.85. The number of carboxylic acid groups (broad SMARTS) is 1. The van der Waals surface area contributed by atoms with Crippen molar-refractivity contribution in [2.24, 2.45) is 17.6 Å². The maximum absolute atomic E-state index is 11.3. The van der Waals surface area contributed by atoms with E-state index >= 15 is 0 Å². The van der Waals surface area contributed by atoms with Crippen LogP contribution >= 0.6 is 0 Å². The summed E-state index contributed by atoms with van der Waals surface area (Å²) in [7, 11) is -3.05. The molecule has 1 heterocycles. The molecule has 3 N–H and O–H groups in total. The Morgan fingerprint density at radius 3 is 2.43 bits per heavy atom. The molecule has 0 spiro atoms. The smallest absolute Gasteiger partial charge is 0.306 e. The molecule has 6 heteroatoms. The van der Waals surface area contributed by atoms with Crippen LogP contribution in [0.25, 0.3) is 0 Å². The van der Waals surface area contributed by atoms with Gasteiger partial charge in [-0.3, -0.25) is 4.79 Å². The molecular formula is C8H15NO4S. The van der Waals surface area contributed by atoms with Gasteiger partial charge in [-0.2, -0.15) is 0 Å². The number of hydrogen-bond acceptors (Lipinski definition) is 4. The Morgan fingerprint density at radius 1 is 1.36 bits per heavy atom. The number of hydrogen-bond donors (Lipinski definition) is 2. The minimum Gasteiger partial charge on any atom is -0.481 e. The highest BCUT2D eigenvalue weighted by Gasteiger charge is 2.32. The molecule has 0 aromatic carbocycles. The van der Waals surface area contributed by atoms with E-state index in [9.17, 15) is 13.2 Å². The molecule has 1 saturated heterocycles. The standard InChI is InChI=1S/C8H15NO4S/c9-5-6-1-3-14(12,13)4-2-7(6)8(10)11/h6-7H,1-5,9H2,(H,10,11). The zero-order valence-corrected chi connectivity index (χ0v) is 8.66. The van der Waals surface area contributed by atoms with Crippen LogP contribution in [0.2, 0.25) is 0 Å². The average Bonchev–Trinajstić information content (AvgIpc) is 2.23. The largest absolute Gasteiger partial charge is 0.481 e. The molecule has 0 aliphatic carbocycles. The zero-order chi connectivity index (χ0) is 10.8. The van der Waals surface area contributed by atoms with Gasteiger partial charge >= 0.3 is 5.97 Å². The lowest BCUT2D eigenvalue weighted by molar-refractivity contribution is -0.143. The van der Waals surface area contributed by atoms with E-state index in [-0.39, 0.29) is 30.4 Å². The predicted molar refractivity (Wildman–Crippen MR) is 51.6 cm³/mol. The van der Waals surface area contributed by atoms with Crippen molar-refractivity contribution in [2.45, 2.75) is 12.8 Å². The lowest BCUT2D eigenvalue weighted by Crippen LogP contribution is -2.29. The number of aliphatic carboxylic acids is 1. The number of carbonyl (C=O) groups is 1. The van der Waals surface area contributed by atoms with Gasteiger partial charge in [-0.25, -0.2) is 8.42 Å². The van der Waals surface area contributed by atoms with E-state index in [4.69, 9.17) is 10.8 Å². The molecule has 1 aliphatic heterocycles. The number of carboxylic acids is 1. The van der Waals surface area contributed by atoms with Gasteiger partial charge < -0.3 is 10.8 Å². The maximum atomic E-state index is 11.3. The SMILES string of the molecule is NCC1CCS(=O)(=O)CCC1C(=O)O. The number of sulfone groups is 1. The van der Waals surface area contributed by atoms with Crippen LogP contribution in [0, 0.1) is 11.8 Å². The van der Waals surface area contributed by atoms with Crippen molar-refractivity contribution in [3.63, 3.8) is 0 Å². The van der Waals surface area contributed by atoms with E-state index in [0.29, 0.717) is 6.42 Å². The van der Waals surface area contributed by atoms with Gasteiger partial charge in [0.05, 0.1) is 17.4 Å². The molecule has 5 nitrogen and oxygen atoms in total.